The number of carbonyl (C=O) groups is 1. The molecule has 1 aromatic carbocycles. The Morgan fingerprint density at radius 2 is 2.30 bits per heavy atom. The molecule has 0 heterocycles. The van der Waals surface area contributed by atoms with Gasteiger partial charge in [0.05, 0.1) is 23.4 Å². The van der Waals surface area contributed by atoms with Crippen molar-refractivity contribution in [1.82, 2.24) is 0 Å². The zero-order chi connectivity index (χ0) is 16.8. The molecule has 0 saturated heterocycles. The van der Waals surface area contributed by atoms with E-state index in [0.717, 1.165) is 24.5 Å². The van der Waals surface area contributed by atoms with Crippen molar-refractivity contribution in [3.63, 3.8) is 0 Å². The van der Waals surface area contributed by atoms with E-state index < -0.39 is 17.1 Å². The molecule has 1 aromatic rings. The monoisotopic (exact) mass is 361 g/mol. The Bertz CT molecular complexity index is 625. The van der Waals surface area contributed by atoms with Gasteiger partial charge in [-0.1, -0.05) is 17.7 Å². The highest BCUT2D eigenvalue weighted by molar-refractivity contribution is 7.80. The molecule has 5 nitrogen and oxygen atoms in total. The number of benzene rings is 1. The third-order valence-corrected chi connectivity index (χ3v) is 4.78. The summed E-state index contributed by atoms with van der Waals surface area (Å²) < 4.78 is 40.8. The molecule has 0 saturated carbocycles. The molecule has 2 atom stereocenters. The number of nitrogens with zero attached hydrogens (tertiary/aromatic N) is 1. The maximum atomic E-state index is 13.2. The Morgan fingerprint density at radius 1 is 1.52 bits per heavy atom. The molecule has 1 aliphatic rings. The first-order chi connectivity index (χ1) is 11.0. The molecule has 8 heteroatoms. The van der Waals surface area contributed by atoms with Gasteiger partial charge in [-0.25, -0.2) is 8.60 Å². The molecule has 0 aromatic heterocycles. The zero-order valence-electron chi connectivity index (χ0n) is 12.3. The van der Waals surface area contributed by atoms with E-state index in [2.05, 4.69) is 0 Å². The number of hydrogen-bond acceptors (Lipinski definition) is 3. The summed E-state index contributed by atoms with van der Waals surface area (Å²) in [7, 11) is 0. The SMILES string of the molecule is O=COCCC1=CCCCC1N(c1ccc(F)cc1Cl)S(=O)O. The van der Waals surface area contributed by atoms with Crippen molar-refractivity contribution >= 4 is 35.0 Å². The number of anilines is 1. The van der Waals surface area contributed by atoms with Crippen LogP contribution in [-0.2, 0) is 20.8 Å². The van der Waals surface area contributed by atoms with E-state index in [9.17, 15) is 17.9 Å². The van der Waals surface area contributed by atoms with Crippen LogP contribution in [0.3, 0.4) is 0 Å². The van der Waals surface area contributed by atoms with Gasteiger partial charge in [0.25, 0.3) is 17.7 Å². The van der Waals surface area contributed by atoms with Crippen molar-refractivity contribution in [3.8, 4) is 0 Å². The minimum Gasteiger partial charge on any atom is -0.468 e. The third-order valence-electron chi connectivity index (χ3n) is 3.69. The quantitative estimate of drug-likeness (QED) is 0.349. The number of hydrogen-bond donors (Lipinski definition) is 1. The van der Waals surface area contributed by atoms with Gasteiger partial charge >= 0.3 is 0 Å². The highest BCUT2D eigenvalue weighted by atomic mass is 35.5. The molecule has 2 rings (SSSR count). The van der Waals surface area contributed by atoms with Gasteiger partial charge in [-0.2, -0.15) is 0 Å². The molecule has 1 N–H and O–H groups in total. The summed E-state index contributed by atoms with van der Waals surface area (Å²) in [6, 6.07) is 3.34. The van der Waals surface area contributed by atoms with Crippen LogP contribution in [0.2, 0.25) is 5.02 Å². The number of rotatable bonds is 7. The van der Waals surface area contributed by atoms with Gasteiger partial charge in [-0.15, -0.1) is 0 Å². The second-order valence-corrected chi connectivity index (χ2v) is 6.36. The lowest BCUT2D eigenvalue weighted by molar-refractivity contribution is -0.128. The van der Waals surface area contributed by atoms with Crippen LogP contribution in [0.15, 0.2) is 29.8 Å². The smallest absolute Gasteiger partial charge is 0.293 e. The second-order valence-electron chi connectivity index (χ2n) is 5.10. The Morgan fingerprint density at radius 3 is 2.96 bits per heavy atom. The predicted molar refractivity (Wildman–Crippen MR) is 87.0 cm³/mol. The number of carbonyl (C=O) groups excluding carboxylic acids is 1. The molecular weight excluding hydrogens is 345 g/mol. The molecule has 0 aliphatic heterocycles. The molecule has 0 fully saturated rings. The van der Waals surface area contributed by atoms with Crippen LogP contribution in [0.5, 0.6) is 0 Å². The topological polar surface area (TPSA) is 66.8 Å². The van der Waals surface area contributed by atoms with Gasteiger partial charge in [0, 0.05) is 6.42 Å². The van der Waals surface area contributed by atoms with E-state index in [-0.39, 0.29) is 17.7 Å². The molecule has 126 valence electrons. The number of allylic oxidation sites excluding steroid dienone is 1. The van der Waals surface area contributed by atoms with Crippen molar-refractivity contribution < 1.29 is 22.7 Å². The summed E-state index contributed by atoms with van der Waals surface area (Å²) in [5.74, 6) is -0.513. The maximum absolute atomic E-state index is 13.2. The minimum absolute atomic E-state index is 0.0708. The first kappa shape index (κ1) is 17.9. The Kier molecular flexibility index (Phi) is 6.56. The fourth-order valence-corrected chi connectivity index (χ4v) is 3.80. The summed E-state index contributed by atoms with van der Waals surface area (Å²) >= 11 is 3.72. The largest absolute Gasteiger partial charge is 0.468 e. The highest BCUT2D eigenvalue weighted by Gasteiger charge is 2.30. The Balaban J connectivity index is 2.31. The fraction of sp³-hybridized carbons (Fsp3) is 0.400. The lowest BCUT2D eigenvalue weighted by atomic mass is 9.92. The Labute approximate surface area is 141 Å². The van der Waals surface area contributed by atoms with Gasteiger partial charge in [0.1, 0.15) is 5.82 Å². The van der Waals surface area contributed by atoms with Crippen LogP contribution < -0.4 is 4.31 Å². The summed E-state index contributed by atoms with van der Waals surface area (Å²) in [6.45, 7) is 0.575. The first-order valence-corrected chi connectivity index (χ1v) is 8.58. The van der Waals surface area contributed by atoms with E-state index in [1.807, 2.05) is 6.08 Å². The second kappa shape index (κ2) is 8.42. The van der Waals surface area contributed by atoms with E-state index >= 15 is 0 Å². The molecule has 0 radical (unpaired) electrons. The normalized spacial score (nSPS) is 18.9. The van der Waals surface area contributed by atoms with Gasteiger partial charge in [-0.05, 0) is 43.0 Å². The molecule has 1 aliphatic carbocycles. The summed E-state index contributed by atoms with van der Waals surface area (Å²) in [5.41, 5.74) is 1.20. The van der Waals surface area contributed by atoms with E-state index in [1.54, 1.807) is 0 Å². The van der Waals surface area contributed by atoms with Gasteiger partial charge in [0.15, 0.2) is 0 Å². The highest BCUT2D eigenvalue weighted by Crippen LogP contribution is 2.35. The van der Waals surface area contributed by atoms with Gasteiger partial charge in [0.2, 0.25) is 0 Å². The molecular formula is C15H17ClFNO4S. The third kappa shape index (κ3) is 4.53. The van der Waals surface area contributed by atoms with Crippen molar-refractivity contribution in [3.05, 3.63) is 40.7 Å². The average molecular weight is 362 g/mol. The summed E-state index contributed by atoms with van der Waals surface area (Å²) in [5, 5.41) is 0.0708. The zero-order valence-corrected chi connectivity index (χ0v) is 13.9. The number of halogens is 2. The first-order valence-electron chi connectivity index (χ1n) is 7.14. The van der Waals surface area contributed by atoms with Crippen LogP contribution >= 0.6 is 11.6 Å². The maximum Gasteiger partial charge on any atom is 0.293 e. The summed E-state index contributed by atoms with van der Waals surface area (Å²) in [4.78, 5) is 10.3. The van der Waals surface area contributed by atoms with Crippen molar-refractivity contribution in [2.45, 2.75) is 31.7 Å². The van der Waals surface area contributed by atoms with Crippen LogP contribution in [0.25, 0.3) is 0 Å². The standard InChI is InChI=1S/C15H17ClFNO4S/c16-13-9-12(17)5-6-15(13)18(23(20)21)14-4-2-1-3-11(14)7-8-22-10-19/h3,5-6,9-10,14H,1-2,4,7-8H2,(H,20,21). The van der Waals surface area contributed by atoms with Crippen LogP contribution in [0.1, 0.15) is 25.7 Å². The fourth-order valence-electron chi connectivity index (χ4n) is 2.70. The van der Waals surface area contributed by atoms with E-state index in [4.69, 9.17) is 16.3 Å². The van der Waals surface area contributed by atoms with Crippen LogP contribution in [0.4, 0.5) is 10.1 Å². The molecule has 2 unspecified atom stereocenters. The van der Waals surface area contributed by atoms with E-state index in [1.165, 1.54) is 16.4 Å². The predicted octanol–water partition coefficient (Wildman–Crippen LogP) is 3.46. The molecule has 23 heavy (non-hydrogen) atoms. The molecule has 0 amide bonds. The van der Waals surface area contributed by atoms with E-state index in [0.29, 0.717) is 25.0 Å². The van der Waals surface area contributed by atoms with Crippen molar-refractivity contribution in [1.29, 1.82) is 0 Å². The van der Waals surface area contributed by atoms with Crippen LogP contribution in [0, 0.1) is 5.82 Å². The summed E-state index contributed by atoms with van der Waals surface area (Å²) in [6.07, 6.45) is 4.83. The lowest BCUT2D eigenvalue weighted by Gasteiger charge is -2.34. The van der Waals surface area contributed by atoms with Crippen LogP contribution in [-0.4, -0.2) is 27.9 Å². The number of ether oxygens (including phenoxy) is 1. The molecule has 0 bridgehead atoms. The van der Waals surface area contributed by atoms with Crippen molar-refractivity contribution in [2.75, 3.05) is 10.9 Å². The lowest BCUT2D eigenvalue weighted by Crippen LogP contribution is -2.39. The minimum atomic E-state index is -2.32. The van der Waals surface area contributed by atoms with Gasteiger partial charge < -0.3 is 4.74 Å². The van der Waals surface area contributed by atoms with Crippen molar-refractivity contribution in [2.24, 2.45) is 0 Å². The molecule has 0 spiro atoms. The Hall–Kier alpha value is -1.44. The average Bonchev–Trinajstić information content (AvgIpc) is 2.51. The van der Waals surface area contributed by atoms with Gasteiger partial charge in [-0.3, -0.25) is 13.7 Å².